The van der Waals surface area contributed by atoms with Gasteiger partial charge in [-0.05, 0) is 28.0 Å². The third kappa shape index (κ3) is 7.64. The molecule has 1 heteroatoms. The molecular weight excluding hydrogens is 572 g/mol. The van der Waals surface area contributed by atoms with Gasteiger partial charge in [0.15, 0.2) is 0 Å². The Balaban J connectivity index is 0.000000278. The summed E-state index contributed by atoms with van der Waals surface area (Å²) < 4.78 is 0. The molecule has 0 radical (unpaired) electrons. The molecule has 0 unspecified atom stereocenters. The summed E-state index contributed by atoms with van der Waals surface area (Å²) in [6.07, 6.45) is 0. The van der Waals surface area contributed by atoms with Crippen LogP contribution >= 0.6 is 0 Å². The Hall–Kier alpha value is -3.02. The zero-order chi connectivity index (χ0) is 26.9. The predicted octanol–water partition coefficient (Wildman–Crippen LogP) is 12.1. The van der Waals surface area contributed by atoms with E-state index < -0.39 is 0 Å². The second kappa shape index (κ2) is 14.2. The molecule has 6 aromatic carbocycles. The van der Waals surface area contributed by atoms with Gasteiger partial charge in [-0.1, -0.05) is 119 Å². The molecule has 0 aliphatic carbocycles. The maximum Gasteiger partial charge on any atom is 4.00 e. The monoisotopic (exact) mass is 614 g/mol. The molecule has 0 heterocycles. The van der Waals surface area contributed by atoms with Crippen molar-refractivity contribution < 1.29 is 26.2 Å². The first-order chi connectivity index (χ1) is 18.2. The van der Waals surface area contributed by atoms with E-state index in [4.69, 9.17) is 0 Å². The minimum absolute atomic E-state index is 0. The van der Waals surface area contributed by atoms with Crippen molar-refractivity contribution in [2.24, 2.45) is 0 Å². The van der Waals surface area contributed by atoms with Crippen LogP contribution in [0.5, 0.6) is 0 Å². The average molecular weight is 616 g/mol. The topological polar surface area (TPSA) is 0 Å². The van der Waals surface area contributed by atoms with Crippen molar-refractivity contribution in [3.05, 3.63) is 147 Å². The minimum Gasteiger partial charge on any atom is -0.358 e. The van der Waals surface area contributed by atoms with Crippen LogP contribution in [0.25, 0.3) is 43.8 Å². The van der Waals surface area contributed by atoms with Crippen LogP contribution in [0.3, 0.4) is 0 Å². The molecular formula is C40H44Zr. The van der Waals surface area contributed by atoms with Crippen molar-refractivity contribution in [3.8, 4) is 22.3 Å². The van der Waals surface area contributed by atoms with E-state index in [-0.39, 0.29) is 46.5 Å². The van der Waals surface area contributed by atoms with Gasteiger partial charge in [-0.15, -0.1) is 69.1 Å². The van der Waals surface area contributed by atoms with Crippen LogP contribution in [-0.2, 0) is 31.6 Å². The summed E-state index contributed by atoms with van der Waals surface area (Å²) in [5.74, 6) is 0.573. The average Bonchev–Trinajstić information content (AvgIpc) is 3.52. The van der Waals surface area contributed by atoms with Gasteiger partial charge in [-0.2, -0.15) is 12.1 Å². The van der Waals surface area contributed by atoms with E-state index in [0.29, 0.717) is 5.92 Å². The zero-order valence-electron chi connectivity index (χ0n) is 26.0. The van der Waals surface area contributed by atoms with Gasteiger partial charge in [0.25, 0.3) is 0 Å². The van der Waals surface area contributed by atoms with Crippen molar-refractivity contribution in [2.75, 3.05) is 0 Å². The quantitative estimate of drug-likeness (QED) is 0.174. The molecule has 0 bridgehead atoms. The second-order valence-electron chi connectivity index (χ2n) is 11.8. The molecule has 0 nitrogen and oxygen atoms in total. The first kappa shape index (κ1) is 34.2. The van der Waals surface area contributed by atoms with Crippen LogP contribution in [-0.4, -0.2) is 0 Å². The van der Waals surface area contributed by atoms with Crippen molar-refractivity contribution in [1.29, 1.82) is 0 Å². The van der Waals surface area contributed by atoms with Crippen LogP contribution in [0.4, 0.5) is 0 Å². The first-order valence-corrected chi connectivity index (χ1v) is 13.7. The predicted molar refractivity (Wildman–Crippen MR) is 180 cm³/mol. The maximum atomic E-state index is 2.35. The SMILES string of the molecule is CC(C)c1cc2c(-c3ccc(C(C)(C)C)cc3)cccc2[cH-]1.Cc1cc2c(-c3ccccc3)cccc2[cH-]1.[CH3-].[CH3-].[Zr+4]. The van der Waals surface area contributed by atoms with E-state index in [1.165, 1.54) is 60.5 Å². The number of hydrogen-bond acceptors (Lipinski definition) is 0. The summed E-state index contributed by atoms with van der Waals surface area (Å²) in [7, 11) is 0. The Morgan fingerprint density at radius 2 is 1.10 bits per heavy atom. The normalized spacial score (nSPS) is 10.8. The van der Waals surface area contributed by atoms with Crippen LogP contribution < -0.4 is 0 Å². The number of aryl methyl sites for hydroxylation is 1. The van der Waals surface area contributed by atoms with Crippen LogP contribution in [0.15, 0.2) is 115 Å². The Kier molecular flexibility index (Phi) is 11.9. The van der Waals surface area contributed by atoms with E-state index in [0.717, 1.165) is 0 Å². The van der Waals surface area contributed by atoms with Gasteiger partial charge in [0.2, 0.25) is 0 Å². The van der Waals surface area contributed by atoms with E-state index >= 15 is 0 Å². The molecule has 0 fully saturated rings. The summed E-state index contributed by atoms with van der Waals surface area (Å²) in [5, 5.41) is 5.40. The van der Waals surface area contributed by atoms with Crippen molar-refractivity contribution >= 4 is 21.5 Å². The molecule has 0 aliphatic rings. The summed E-state index contributed by atoms with van der Waals surface area (Å²) in [4.78, 5) is 0. The number of benzene rings is 4. The van der Waals surface area contributed by atoms with Gasteiger partial charge >= 0.3 is 26.2 Å². The standard InChI is InChI=1S/C22H25.C16H13.2CH3.Zr/c1-15(2)18-13-17-7-6-8-20(21(17)14-18)16-9-11-19(12-10-16)22(3,4)5;1-12-10-14-8-5-9-15(16(14)11-12)13-6-3-2-4-7-13;;;/h6-15H,1-5H3;2-11H,1H3;2*1H3;/q4*-1;+4. The van der Waals surface area contributed by atoms with Gasteiger partial charge in [0.05, 0.1) is 0 Å². The third-order valence-electron chi connectivity index (χ3n) is 7.48. The number of rotatable bonds is 3. The van der Waals surface area contributed by atoms with Crippen LogP contribution in [0.2, 0.25) is 0 Å². The minimum atomic E-state index is 0. The fourth-order valence-electron chi connectivity index (χ4n) is 5.25. The van der Waals surface area contributed by atoms with E-state index in [9.17, 15) is 0 Å². The fraction of sp³-hybridized carbons (Fsp3) is 0.200. The first-order valence-electron chi connectivity index (χ1n) is 13.7. The summed E-state index contributed by atoms with van der Waals surface area (Å²) in [6.45, 7) is 13.4. The van der Waals surface area contributed by atoms with Crippen molar-refractivity contribution in [3.63, 3.8) is 0 Å². The Labute approximate surface area is 268 Å². The summed E-state index contributed by atoms with van der Waals surface area (Å²) >= 11 is 0. The Bertz CT molecular complexity index is 1650. The molecule has 0 N–H and O–H groups in total. The van der Waals surface area contributed by atoms with Crippen LogP contribution in [0, 0.1) is 21.8 Å². The number of fused-ring (bicyclic) bond motifs is 2. The molecule has 0 spiro atoms. The van der Waals surface area contributed by atoms with Crippen molar-refractivity contribution in [1.82, 2.24) is 0 Å². The molecule has 0 atom stereocenters. The third-order valence-corrected chi connectivity index (χ3v) is 7.48. The van der Waals surface area contributed by atoms with Crippen LogP contribution in [0.1, 0.15) is 57.2 Å². The summed E-state index contributed by atoms with van der Waals surface area (Å²) in [5.41, 5.74) is 9.60. The molecule has 6 rings (SSSR count). The Morgan fingerprint density at radius 3 is 1.63 bits per heavy atom. The van der Waals surface area contributed by atoms with Gasteiger partial charge in [0, 0.05) is 0 Å². The summed E-state index contributed by atoms with van der Waals surface area (Å²) in [6, 6.07) is 41.9. The second-order valence-corrected chi connectivity index (χ2v) is 11.8. The van der Waals surface area contributed by atoms with Gasteiger partial charge in [-0.3, -0.25) is 0 Å². The maximum absolute atomic E-state index is 2.35. The smallest absolute Gasteiger partial charge is 0.358 e. The van der Waals surface area contributed by atoms with Crippen molar-refractivity contribution in [2.45, 2.75) is 52.9 Å². The van der Waals surface area contributed by atoms with E-state index in [1.807, 2.05) is 0 Å². The van der Waals surface area contributed by atoms with E-state index in [1.54, 1.807) is 0 Å². The van der Waals surface area contributed by atoms with Gasteiger partial charge in [-0.25, -0.2) is 0 Å². The molecule has 208 valence electrons. The molecule has 0 amide bonds. The molecule has 0 saturated carbocycles. The van der Waals surface area contributed by atoms with Gasteiger partial charge < -0.3 is 14.9 Å². The van der Waals surface area contributed by atoms with E-state index in [2.05, 4.69) is 157 Å². The fourth-order valence-corrected chi connectivity index (χ4v) is 5.25. The molecule has 0 aromatic heterocycles. The molecule has 0 saturated heterocycles. The zero-order valence-corrected chi connectivity index (χ0v) is 28.5. The van der Waals surface area contributed by atoms with Gasteiger partial charge in [0.1, 0.15) is 0 Å². The Morgan fingerprint density at radius 1 is 0.585 bits per heavy atom. The molecule has 0 aliphatic heterocycles. The molecule has 41 heavy (non-hydrogen) atoms. The number of hydrogen-bond donors (Lipinski definition) is 0. The molecule has 6 aromatic rings. The largest absolute Gasteiger partial charge is 4.00 e.